The Balaban J connectivity index is 2.66. The molecule has 0 fully saturated rings. The van der Waals surface area contributed by atoms with E-state index >= 15 is 0 Å². The van der Waals surface area contributed by atoms with Crippen LogP contribution in [-0.4, -0.2) is 18.0 Å². The van der Waals surface area contributed by atoms with Crippen LogP contribution in [0.5, 0.6) is 0 Å². The van der Waals surface area contributed by atoms with E-state index in [0.717, 1.165) is 25.5 Å². The Kier molecular flexibility index (Phi) is 7.24. The number of nitrogens with one attached hydrogen (secondary N) is 1. The van der Waals surface area contributed by atoms with E-state index in [1.807, 2.05) is 0 Å². The quantitative estimate of drug-likeness (QED) is 0.317. The fourth-order valence-electron chi connectivity index (χ4n) is 0.609. The van der Waals surface area contributed by atoms with Crippen molar-refractivity contribution in [3.05, 3.63) is 0 Å². The maximum absolute atomic E-state index is 9.77. The van der Waals surface area contributed by atoms with E-state index in [0.29, 0.717) is 13.0 Å². The molecule has 2 N–H and O–H groups in total. The van der Waals surface area contributed by atoms with Gasteiger partial charge >= 0.3 is 0 Å². The van der Waals surface area contributed by atoms with Crippen LogP contribution in [0.3, 0.4) is 0 Å². The molecule has 0 saturated heterocycles. The van der Waals surface area contributed by atoms with Gasteiger partial charge in [-0.2, -0.15) is 0 Å². The zero-order valence-electron chi connectivity index (χ0n) is 5.47. The second-order valence-electron chi connectivity index (χ2n) is 1.92. The van der Waals surface area contributed by atoms with E-state index in [-0.39, 0.29) is 0 Å². The van der Waals surface area contributed by atoms with Crippen LogP contribution in [0.2, 0.25) is 0 Å². The van der Waals surface area contributed by atoms with Crippen molar-refractivity contribution in [2.24, 2.45) is 0 Å². The molecule has 0 unspecified atom stereocenters. The van der Waals surface area contributed by atoms with Gasteiger partial charge in [-0.15, -0.1) is 0 Å². The molecule has 0 aromatic carbocycles. The molecule has 9 heavy (non-hydrogen) atoms. The van der Waals surface area contributed by atoms with Crippen LogP contribution in [0, 0.1) is 0 Å². The van der Waals surface area contributed by atoms with Crippen molar-refractivity contribution >= 4 is 6.29 Å². The molecule has 0 atom stereocenters. The minimum atomic E-state index is 0.624. The van der Waals surface area contributed by atoms with E-state index in [4.69, 9.17) is 5.21 Å². The van der Waals surface area contributed by atoms with Gasteiger partial charge in [-0.1, -0.05) is 6.42 Å². The van der Waals surface area contributed by atoms with Crippen LogP contribution in [0.25, 0.3) is 0 Å². The minimum Gasteiger partial charge on any atom is -0.317 e. The molecule has 3 nitrogen and oxygen atoms in total. The van der Waals surface area contributed by atoms with E-state index in [9.17, 15) is 4.79 Å². The lowest BCUT2D eigenvalue weighted by Crippen LogP contribution is -2.07. The van der Waals surface area contributed by atoms with Crippen molar-refractivity contribution in [1.82, 2.24) is 5.48 Å². The highest BCUT2D eigenvalue weighted by molar-refractivity contribution is 5.48. The number of aldehydes is 1. The summed E-state index contributed by atoms with van der Waals surface area (Å²) in [5, 5.41) is 8.10. The second-order valence-corrected chi connectivity index (χ2v) is 1.92. The SMILES string of the molecule is O=CCCCCCNO. The van der Waals surface area contributed by atoms with Gasteiger partial charge in [-0.25, -0.2) is 5.48 Å². The molecular formula is C6H13NO2. The zero-order chi connectivity index (χ0) is 6.95. The Morgan fingerprint density at radius 2 is 2.11 bits per heavy atom. The molecule has 0 heterocycles. The first-order chi connectivity index (χ1) is 4.41. The molecular weight excluding hydrogens is 118 g/mol. The molecule has 0 aromatic heterocycles. The molecule has 0 saturated carbocycles. The van der Waals surface area contributed by atoms with Crippen molar-refractivity contribution in [3.63, 3.8) is 0 Å². The highest BCUT2D eigenvalue weighted by atomic mass is 16.5. The van der Waals surface area contributed by atoms with E-state index in [1.54, 1.807) is 0 Å². The van der Waals surface area contributed by atoms with Crippen LogP contribution < -0.4 is 5.48 Å². The highest BCUT2D eigenvalue weighted by Gasteiger charge is 1.85. The molecule has 0 aliphatic heterocycles. The van der Waals surface area contributed by atoms with Crippen molar-refractivity contribution in [3.8, 4) is 0 Å². The van der Waals surface area contributed by atoms with Crippen LogP contribution in [0.1, 0.15) is 25.7 Å². The normalized spacial score (nSPS) is 9.44. The molecule has 0 rings (SSSR count). The number of unbranched alkanes of at least 4 members (excludes halogenated alkanes) is 3. The van der Waals surface area contributed by atoms with Crippen molar-refractivity contribution in [1.29, 1.82) is 0 Å². The number of hydrogen-bond acceptors (Lipinski definition) is 3. The lowest BCUT2D eigenvalue weighted by atomic mass is 10.2. The lowest BCUT2D eigenvalue weighted by Gasteiger charge is -1.94. The third kappa shape index (κ3) is 7.59. The predicted molar refractivity (Wildman–Crippen MR) is 34.3 cm³/mol. The third-order valence-corrected chi connectivity index (χ3v) is 1.11. The summed E-state index contributed by atoms with van der Waals surface area (Å²) < 4.78 is 0. The van der Waals surface area contributed by atoms with Gasteiger partial charge in [-0.05, 0) is 12.8 Å². The van der Waals surface area contributed by atoms with Crippen LogP contribution in [-0.2, 0) is 4.79 Å². The molecule has 0 aliphatic carbocycles. The summed E-state index contributed by atoms with van der Waals surface area (Å²) in [6.45, 7) is 0.624. The number of hydroxylamine groups is 1. The standard InChI is InChI=1S/C6H13NO2/c8-6-4-2-1-3-5-7-9/h6-7,9H,1-5H2. The summed E-state index contributed by atoms with van der Waals surface area (Å²) in [4.78, 5) is 9.77. The highest BCUT2D eigenvalue weighted by Crippen LogP contribution is 1.95. The maximum atomic E-state index is 9.77. The first-order valence-corrected chi connectivity index (χ1v) is 3.22. The van der Waals surface area contributed by atoms with Crippen LogP contribution in [0.4, 0.5) is 0 Å². The van der Waals surface area contributed by atoms with Gasteiger partial charge in [0.15, 0.2) is 0 Å². The topological polar surface area (TPSA) is 49.3 Å². The van der Waals surface area contributed by atoms with E-state index in [1.165, 1.54) is 0 Å². The summed E-state index contributed by atoms with van der Waals surface area (Å²) in [6.07, 6.45) is 4.44. The Bertz CT molecular complexity index is 66.1. The van der Waals surface area contributed by atoms with E-state index < -0.39 is 0 Å². The van der Waals surface area contributed by atoms with Crippen molar-refractivity contribution in [2.45, 2.75) is 25.7 Å². The van der Waals surface area contributed by atoms with Crippen molar-refractivity contribution in [2.75, 3.05) is 6.54 Å². The Morgan fingerprint density at radius 3 is 2.67 bits per heavy atom. The van der Waals surface area contributed by atoms with Crippen molar-refractivity contribution < 1.29 is 10.0 Å². The maximum Gasteiger partial charge on any atom is 0.119 e. The van der Waals surface area contributed by atoms with Crippen LogP contribution >= 0.6 is 0 Å². The van der Waals surface area contributed by atoms with Gasteiger partial charge in [0.25, 0.3) is 0 Å². The molecule has 0 aliphatic rings. The average molecular weight is 131 g/mol. The van der Waals surface area contributed by atoms with Gasteiger partial charge in [0.1, 0.15) is 6.29 Å². The molecule has 0 aromatic rings. The second kappa shape index (κ2) is 7.59. The average Bonchev–Trinajstić information content (AvgIpc) is 1.89. The number of hydrogen-bond donors (Lipinski definition) is 2. The van der Waals surface area contributed by atoms with Gasteiger partial charge in [-0.3, -0.25) is 0 Å². The fraction of sp³-hybridized carbons (Fsp3) is 0.833. The van der Waals surface area contributed by atoms with Gasteiger partial charge in [0, 0.05) is 13.0 Å². The summed E-state index contributed by atoms with van der Waals surface area (Å²) in [7, 11) is 0. The van der Waals surface area contributed by atoms with Gasteiger partial charge in [0.2, 0.25) is 0 Å². The number of carbonyl (C=O) groups is 1. The monoisotopic (exact) mass is 131 g/mol. The smallest absolute Gasteiger partial charge is 0.119 e. The molecule has 0 radical (unpaired) electrons. The molecule has 0 bridgehead atoms. The molecule has 0 amide bonds. The number of carbonyl (C=O) groups excluding carboxylic acids is 1. The van der Waals surface area contributed by atoms with Gasteiger partial charge < -0.3 is 10.0 Å². The largest absolute Gasteiger partial charge is 0.317 e. The number of rotatable bonds is 6. The fourth-order valence-corrected chi connectivity index (χ4v) is 0.609. The molecule has 54 valence electrons. The van der Waals surface area contributed by atoms with Gasteiger partial charge in [0.05, 0.1) is 0 Å². The summed E-state index contributed by atoms with van der Waals surface area (Å²) in [5.74, 6) is 0. The third-order valence-electron chi connectivity index (χ3n) is 1.11. The summed E-state index contributed by atoms with van der Waals surface area (Å²) >= 11 is 0. The summed E-state index contributed by atoms with van der Waals surface area (Å²) in [5.41, 5.74) is 2.06. The lowest BCUT2D eigenvalue weighted by molar-refractivity contribution is -0.107. The first kappa shape index (κ1) is 8.59. The zero-order valence-corrected chi connectivity index (χ0v) is 5.47. The van der Waals surface area contributed by atoms with E-state index in [2.05, 4.69) is 5.48 Å². The minimum absolute atomic E-state index is 0.624. The Labute approximate surface area is 55.0 Å². The molecule has 0 spiro atoms. The first-order valence-electron chi connectivity index (χ1n) is 3.22. The Hall–Kier alpha value is -0.410. The van der Waals surface area contributed by atoms with Crippen LogP contribution in [0.15, 0.2) is 0 Å². The predicted octanol–water partition coefficient (Wildman–Crippen LogP) is 0.724. The Morgan fingerprint density at radius 1 is 1.33 bits per heavy atom. The molecule has 3 heteroatoms. The summed E-state index contributed by atoms with van der Waals surface area (Å²) in [6, 6.07) is 0.